The third-order valence-corrected chi connectivity index (χ3v) is 5.61. The number of ether oxygens (including phenoxy) is 1. The fourth-order valence-corrected chi connectivity index (χ4v) is 4.03. The maximum Gasteiger partial charge on any atom is 0.263 e. The fraction of sp³-hybridized carbons (Fsp3) is 0.391. The minimum absolute atomic E-state index is 0.102. The molecule has 2 heterocycles. The number of carbonyl (C=O) groups is 2. The van der Waals surface area contributed by atoms with E-state index in [-0.39, 0.29) is 18.4 Å². The summed E-state index contributed by atoms with van der Waals surface area (Å²) < 4.78 is 5.89. The van der Waals surface area contributed by atoms with Crippen molar-refractivity contribution in [3.63, 3.8) is 0 Å². The van der Waals surface area contributed by atoms with Crippen molar-refractivity contribution >= 4 is 17.5 Å². The van der Waals surface area contributed by atoms with Gasteiger partial charge in [-0.2, -0.15) is 0 Å². The molecule has 6 nitrogen and oxygen atoms in total. The van der Waals surface area contributed by atoms with Gasteiger partial charge in [0.2, 0.25) is 5.91 Å². The third kappa shape index (κ3) is 4.43. The fourth-order valence-electron chi connectivity index (χ4n) is 4.03. The van der Waals surface area contributed by atoms with Gasteiger partial charge in [0.05, 0.1) is 12.2 Å². The quantitative estimate of drug-likeness (QED) is 0.849. The number of benzene rings is 2. The average molecular weight is 393 g/mol. The molecule has 6 heteroatoms. The predicted octanol–water partition coefficient (Wildman–Crippen LogP) is 2.71. The molecule has 2 aliphatic heterocycles. The van der Waals surface area contributed by atoms with Crippen molar-refractivity contribution in [2.24, 2.45) is 0 Å². The van der Waals surface area contributed by atoms with Gasteiger partial charge < -0.3 is 15.0 Å². The largest absolute Gasteiger partial charge is 0.477 e. The first-order valence-electron chi connectivity index (χ1n) is 10.2. The molecule has 0 spiro atoms. The lowest BCUT2D eigenvalue weighted by Crippen LogP contribution is -2.50. The molecule has 2 aromatic carbocycles. The van der Waals surface area contributed by atoms with Crippen LogP contribution in [0.5, 0.6) is 5.75 Å². The molecule has 1 saturated heterocycles. The highest BCUT2D eigenvalue weighted by atomic mass is 16.5. The van der Waals surface area contributed by atoms with E-state index in [1.165, 1.54) is 25.3 Å². The van der Waals surface area contributed by atoms with Gasteiger partial charge in [0.25, 0.3) is 5.91 Å². The van der Waals surface area contributed by atoms with Crippen LogP contribution in [0.25, 0.3) is 0 Å². The maximum atomic E-state index is 12.8. The number of nitrogens with one attached hydrogen (secondary N) is 1. The molecule has 1 fully saturated rings. The van der Waals surface area contributed by atoms with Crippen LogP contribution in [0.3, 0.4) is 0 Å². The molecule has 1 N–H and O–H groups in total. The first-order chi connectivity index (χ1) is 14.1. The number of hydrogen-bond donors (Lipinski definition) is 1. The second kappa shape index (κ2) is 8.66. The molecule has 0 aromatic heterocycles. The highest BCUT2D eigenvalue weighted by molar-refractivity contribution is 5.95. The van der Waals surface area contributed by atoms with Gasteiger partial charge in [0.15, 0.2) is 6.10 Å². The van der Waals surface area contributed by atoms with Crippen molar-refractivity contribution in [1.29, 1.82) is 0 Å². The molecule has 2 amide bonds. The van der Waals surface area contributed by atoms with Gasteiger partial charge in [-0.25, -0.2) is 0 Å². The normalized spacial score (nSPS) is 18.8. The van der Waals surface area contributed by atoms with E-state index in [4.69, 9.17) is 4.74 Å². The lowest BCUT2D eigenvalue weighted by atomic mass is 10.1. The molecular weight excluding hydrogens is 366 g/mol. The Kier molecular flexibility index (Phi) is 5.81. The minimum Gasteiger partial charge on any atom is -0.477 e. The maximum absolute atomic E-state index is 12.8. The first kappa shape index (κ1) is 19.5. The van der Waals surface area contributed by atoms with E-state index < -0.39 is 6.10 Å². The third-order valence-electron chi connectivity index (χ3n) is 5.61. The van der Waals surface area contributed by atoms with Crippen molar-refractivity contribution < 1.29 is 14.3 Å². The molecule has 1 unspecified atom stereocenters. The minimum atomic E-state index is -0.723. The summed E-state index contributed by atoms with van der Waals surface area (Å²) in [6, 6.07) is 15.6. The Bertz CT molecular complexity index is 892. The molecule has 2 aliphatic rings. The summed E-state index contributed by atoms with van der Waals surface area (Å²) in [6.07, 6.45) is 1.79. The zero-order valence-corrected chi connectivity index (χ0v) is 16.8. The Morgan fingerprint density at radius 1 is 1.03 bits per heavy atom. The van der Waals surface area contributed by atoms with Crippen molar-refractivity contribution in [3.05, 3.63) is 59.7 Å². The van der Waals surface area contributed by atoms with Crippen LogP contribution in [0.15, 0.2) is 48.5 Å². The molecule has 29 heavy (non-hydrogen) atoms. The lowest BCUT2D eigenvalue weighted by Gasteiger charge is -2.33. The molecule has 1 atom stereocenters. The Morgan fingerprint density at radius 2 is 1.72 bits per heavy atom. The van der Waals surface area contributed by atoms with Crippen LogP contribution in [0.1, 0.15) is 30.9 Å². The first-order valence-corrected chi connectivity index (χ1v) is 10.2. The zero-order valence-electron chi connectivity index (χ0n) is 16.8. The molecule has 4 rings (SSSR count). The number of anilines is 1. The van der Waals surface area contributed by atoms with E-state index in [1.54, 1.807) is 11.0 Å². The van der Waals surface area contributed by atoms with Gasteiger partial charge >= 0.3 is 0 Å². The highest BCUT2D eigenvalue weighted by Crippen LogP contribution is 2.33. The van der Waals surface area contributed by atoms with Gasteiger partial charge in [-0.15, -0.1) is 0 Å². The number of nitrogens with zero attached hydrogens (tertiary/aromatic N) is 2. The smallest absolute Gasteiger partial charge is 0.263 e. The Morgan fingerprint density at radius 3 is 2.48 bits per heavy atom. The number of para-hydroxylation sites is 2. The molecule has 0 bridgehead atoms. The van der Waals surface area contributed by atoms with E-state index in [0.717, 1.165) is 25.2 Å². The van der Waals surface area contributed by atoms with Crippen LogP contribution in [-0.4, -0.2) is 42.5 Å². The van der Waals surface area contributed by atoms with E-state index in [9.17, 15) is 9.59 Å². The number of hydrogen-bond acceptors (Lipinski definition) is 4. The van der Waals surface area contributed by atoms with E-state index >= 15 is 0 Å². The summed E-state index contributed by atoms with van der Waals surface area (Å²) in [5.41, 5.74) is 3.07. The van der Waals surface area contributed by atoms with Crippen LogP contribution >= 0.6 is 0 Å². The van der Waals surface area contributed by atoms with E-state index in [2.05, 4.69) is 22.3 Å². The van der Waals surface area contributed by atoms with Crippen molar-refractivity contribution in [2.75, 3.05) is 24.5 Å². The summed E-state index contributed by atoms with van der Waals surface area (Å²) >= 11 is 0. The van der Waals surface area contributed by atoms with Crippen molar-refractivity contribution in [2.45, 2.75) is 39.0 Å². The second-order valence-corrected chi connectivity index (χ2v) is 7.67. The van der Waals surface area contributed by atoms with Crippen LogP contribution in [0.2, 0.25) is 0 Å². The van der Waals surface area contributed by atoms with Crippen LogP contribution in [0, 0.1) is 0 Å². The number of carbonyl (C=O) groups excluding carboxylic acids is 2. The van der Waals surface area contributed by atoms with Gasteiger partial charge in [-0.05, 0) is 49.2 Å². The van der Waals surface area contributed by atoms with Gasteiger partial charge in [0, 0.05) is 20.0 Å². The summed E-state index contributed by atoms with van der Waals surface area (Å²) in [7, 11) is 0. The summed E-state index contributed by atoms with van der Waals surface area (Å²) in [6.45, 7) is 5.36. The van der Waals surface area contributed by atoms with Crippen LogP contribution < -0.4 is 15.0 Å². The monoisotopic (exact) mass is 393 g/mol. The standard InChI is InChI=1S/C23H27N3O3/c1-17(27)26-16-22(29-21-11-5-4-10-20(21)26)23(28)24-14-18-8-2-3-9-19(18)15-25-12-6-7-13-25/h2-5,8-11,22H,6-7,12-16H2,1H3,(H,24,28). The summed E-state index contributed by atoms with van der Waals surface area (Å²) in [5, 5.41) is 3.00. The topological polar surface area (TPSA) is 61.9 Å². The molecular formula is C23H27N3O3. The number of likely N-dealkylation sites (tertiary alicyclic amines) is 1. The Labute approximate surface area is 171 Å². The Balaban J connectivity index is 1.42. The molecule has 2 aromatic rings. The van der Waals surface area contributed by atoms with Crippen LogP contribution in [0.4, 0.5) is 5.69 Å². The highest BCUT2D eigenvalue weighted by Gasteiger charge is 2.32. The van der Waals surface area contributed by atoms with Gasteiger partial charge in [-0.3, -0.25) is 14.5 Å². The second-order valence-electron chi connectivity index (χ2n) is 7.67. The SMILES string of the molecule is CC(=O)N1CC(C(=O)NCc2ccccc2CN2CCCC2)Oc2ccccc21. The zero-order chi connectivity index (χ0) is 20.2. The van der Waals surface area contributed by atoms with Crippen molar-refractivity contribution in [1.82, 2.24) is 10.2 Å². The number of amides is 2. The van der Waals surface area contributed by atoms with E-state index in [0.29, 0.717) is 18.0 Å². The number of fused-ring (bicyclic) bond motifs is 1. The van der Waals surface area contributed by atoms with Gasteiger partial charge in [0.1, 0.15) is 5.75 Å². The molecule has 0 aliphatic carbocycles. The average Bonchev–Trinajstić information content (AvgIpc) is 3.25. The predicted molar refractivity (Wildman–Crippen MR) is 112 cm³/mol. The molecule has 0 saturated carbocycles. The molecule has 0 radical (unpaired) electrons. The summed E-state index contributed by atoms with van der Waals surface area (Å²) in [4.78, 5) is 28.9. The molecule has 152 valence electrons. The van der Waals surface area contributed by atoms with Gasteiger partial charge in [-0.1, -0.05) is 36.4 Å². The van der Waals surface area contributed by atoms with E-state index in [1.807, 2.05) is 30.3 Å². The van der Waals surface area contributed by atoms with Crippen molar-refractivity contribution in [3.8, 4) is 5.75 Å². The lowest BCUT2D eigenvalue weighted by molar-refractivity contribution is -0.128. The van der Waals surface area contributed by atoms with Crippen LogP contribution in [-0.2, 0) is 22.7 Å². The summed E-state index contributed by atoms with van der Waals surface area (Å²) in [5.74, 6) is 0.250. The Hall–Kier alpha value is -2.86. The number of rotatable bonds is 5.